The van der Waals surface area contributed by atoms with Gasteiger partial charge in [0.1, 0.15) is 12.1 Å². The average molecular weight is 428 g/mol. The fourth-order valence-electron chi connectivity index (χ4n) is 3.27. The quantitative estimate of drug-likeness (QED) is 0.426. The number of benzene rings is 2. The Morgan fingerprint density at radius 3 is 2.41 bits per heavy atom. The summed E-state index contributed by atoms with van der Waals surface area (Å²) in [5, 5.41) is 11.3. The first-order valence-electron chi connectivity index (χ1n) is 10.5. The molecule has 4 aromatic rings. The lowest BCUT2D eigenvalue weighted by Gasteiger charge is -2.08. The van der Waals surface area contributed by atoms with E-state index in [1.54, 1.807) is 24.5 Å². The van der Waals surface area contributed by atoms with Crippen molar-refractivity contribution in [3.63, 3.8) is 0 Å². The largest absolute Gasteiger partial charge is 0.438 e. The van der Waals surface area contributed by atoms with E-state index >= 15 is 0 Å². The van der Waals surface area contributed by atoms with Gasteiger partial charge in [0.05, 0.1) is 5.69 Å². The van der Waals surface area contributed by atoms with Crippen LogP contribution in [-0.4, -0.2) is 25.7 Å². The summed E-state index contributed by atoms with van der Waals surface area (Å²) in [6, 6.07) is 21.0. The van der Waals surface area contributed by atoms with Crippen molar-refractivity contribution in [2.24, 2.45) is 0 Å². The summed E-state index contributed by atoms with van der Waals surface area (Å²) in [5.74, 6) is 1.69. The third-order valence-electron chi connectivity index (χ3n) is 5.20. The van der Waals surface area contributed by atoms with Gasteiger partial charge in [-0.05, 0) is 62.6 Å². The molecule has 4 rings (SSSR count). The Bertz CT molecular complexity index is 1170. The zero-order chi connectivity index (χ0) is 22.3. The van der Waals surface area contributed by atoms with E-state index in [4.69, 9.17) is 4.74 Å². The number of carbonyl (C=O) groups is 1. The number of aryl methyl sites for hydroxylation is 2. The van der Waals surface area contributed by atoms with E-state index in [-0.39, 0.29) is 5.91 Å². The molecule has 0 radical (unpaired) electrons. The lowest BCUT2D eigenvalue weighted by atomic mass is 10.1. The van der Waals surface area contributed by atoms with Gasteiger partial charge in [-0.25, -0.2) is 4.98 Å². The standard InChI is InChI=1S/C25H25N5O2/c1-18-19(2)30(17-26-18)23-15-16-25(29-28-23)32-22-13-11-21(12-14-22)27-24(31)10-6-9-20-7-4-3-5-8-20/h3-5,7-8,11-17H,6,9-10H2,1-2H3,(H,27,31). The van der Waals surface area contributed by atoms with Crippen molar-refractivity contribution in [2.45, 2.75) is 33.1 Å². The van der Waals surface area contributed by atoms with Crippen molar-refractivity contribution in [3.05, 3.63) is 90.0 Å². The maximum Gasteiger partial charge on any atom is 0.238 e. The highest BCUT2D eigenvalue weighted by Crippen LogP contribution is 2.22. The zero-order valence-electron chi connectivity index (χ0n) is 18.2. The molecule has 0 fully saturated rings. The van der Waals surface area contributed by atoms with Crippen LogP contribution < -0.4 is 10.1 Å². The fourth-order valence-corrected chi connectivity index (χ4v) is 3.27. The topological polar surface area (TPSA) is 81.9 Å². The van der Waals surface area contributed by atoms with Crippen LogP contribution in [0.1, 0.15) is 29.8 Å². The second-order valence-electron chi connectivity index (χ2n) is 7.53. The van der Waals surface area contributed by atoms with Crippen LogP contribution in [0.25, 0.3) is 5.82 Å². The van der Waals surface area contributed by atoms with Crippen LogP contribution >= 0.6 is 0 Å². The fraction of sp³-hybridized carbons (Fsp3) is 0.200. The van der Waals surface area contributed by atoms with Crippen LogP contribution in [0.4, 0.5) is 5.69 Å². The summed E-state index contributed by atoms with van der Waals surface area (Å²) in [5.41, 5.74) is 3.95. The van der Waals surface area contributed by atoms with Crippen molar-refractivity contribution in [1.82, 2.24) is 19.7 Å². The summed E-state index contributed by atoms with van der Waals surface area (Å²) in [6.45, 7) is 3.94. The molecule has 1 amide bonds. The predicted octanol–water partition coefficient (Wildman–Crippen LogP) is 5.03. The van der Waals surface area contributed by atoms with E-state index in [1.807, 2.05) is 54.8 Å². The van der Waals surface area contributed by atoms with Crippen LogP contribution in [0.15, 0.2) is 73.1 Å². The molecule has 2 heterocycles. The van der Waals surface area contributed by atoms with Gasteiger partial charge in [-0.3, -0.25) is 9.36 Å². The highest BCUT2D eigenvalue weighted by atomic mass is 16.5. The van der Waals surface area contributed by atoms with Gasteiger partial charge in [-0.1, -0.05) is 30.3 Å². The number of ether oxygens (including phenoxy) is 1. The van der Waals surface area contributed by atoms with Crippen LogP contribution in [0.3, 0.4) is 0 Å². The molecule has 162 valence electrons. The van der Waals surface area contributed by atoms with Gasteiger partial charge in [0, 0.05) is 23.9 Å². The second kappa shape index (κ2) is 9.87. The normalized spacial score (nSPS) is 10.7. The molecule has 0 saturated heterocycles. The SMILES string of the molecule is Cc1ncn(-c2ccc(Oc3ccc(NC(=O)CCCc4ccccc4)cc3)nn2)c1C. The van der Waals surface area contributed by atoms with E-state index in [1.165, 1.54) is 5.56 Å². The molecule has 2 aromatic heterocycles. The molecule has 0 aliphatic rings. The molecule has 0 aliphatic carbocycles. The number of imidazole rings is 1. The maximum absolute atomic E-state index is 12.2. The van der Waals surface area contributed by atoms with E-state index < -0.39 is 0 Å². The minimum atomic E-state index is 0.00101. The molecule has 2 aromatic carbocycles. The molecular formula is C25H25N5O2. The molecule has 1 N–H and O–H groups in total. The average Bonchev–Trinajstić information content (AvgIpc) is 3.15. The molecule has 7 heteroatoms. The van der Waals surface area contributed by atoms with Gasteiger partial charge in [0.25, 0.3) is 0 Å². The monoisotopic (exact) mass is 427 g/mol. The van der Waals surface area contributed by atoms with Gasteiger partial charge >= 0.3 is 0 Å². The lowest BCUT2D eigenvalue weighted by molar-refractivity contribution is -0.116. The molecule has 0 unspecified atom stereocenters. The first kappa shape index (κ1) is 21.2. The number of nitrogens with zero attached hydrogens (tertiary/aromatic N) is 4. The van der Waals surface area contributed by atoms with Crippen molar-refractivity contribution < 1.29 is 9.53 Å². The molecule has 0 saturated carbocycles. The number of nitrogens with one attached hydrogen (secondary N) is 1. The van der Waals surface area contributed by atoms with E-state index in [0.29, 0.717) is 23.9 Å². The highest BCUT2D eigenvalue weighted by Gasteiger charge is 2.08. The molecule has 7 nitrogen and oxygen atoms in total. The molecule has 0 spiro atoms. The smallest absolute Gasteiger partial charge is 0.238 e. The van der Waals surface area contributed by atoms with Gasteiger partial charge < -0.3 is 10.1 Å². The Labute approximate surface area is 187 Å². The molecule has 32 heavy (non-hydrogen) atoms. The van der Waals surface area contributed by atoms with Crippen molar-refractivity contribution in [3.8, 4) is 17.4 Å². The van der Waals surface area contributed by atoms with Crippen molar-refractivity contribution in [1.29, 1.82) is 0 Å². The van der Waals surface area contributed by atoms with Crippen LogP contribution in [0, 0.1) is 13.8 Å². The van der Waals surface area contributed by atoms with E-state index in [9.17, 15) is 4.79 Å². The van der Waals surface area contributed by atoms with Crippen LogP contribution in [0.2, 0.25) is 0 Å². The third kappa shape index (κ3) is 5.37. The number of hydrogen-bond donors (Lipinski definition) is 1. The van der Waals surface area contributed by atoms with Gasteiger partial charge in [0.15, 0.2) is 5.82 Å². The number of aromatic nitrogens is 4. The predicted molar refractivity (Wildman–Crippen MR) is 123 cm³/mol. The Kier molecular flexibility index (Phi) is 6.55. The number of carbonyl (C=O) groups excluding carboxylic acids is 1. The molecular weight excluding hydrogens is 402 g/mol. The Morgan fingerprint density at radius 1 is 0.969 bits per heavy atom. The van der Waals surface area contributed by atoms with Gasteiger partial charge in [0.2, 0.25) is 11.8 Å². The van der Waals surface area contributed by atoms with Crippen molar-refractivity contribution >= 4 is 11.6 Å². The van der Waals surface area contributed by atoms with E-state index in [2.05, 4.69) is 32.6 Å². The minimum absolute atomic E-state index is 0.00101. The molecule has 0 aliphatic heterocycles. The zero-order valence-corrected chi connectivity index (χ0v) is 18.2. The number of anilines is 1. The maximum atomic E-state index is 12.2. The Hall–Kier alpha value is -4.00. The summed E-state index contributed by atoms with van der Waals surface area (Å²) in [7, 11) is 0. The summed E-state index contributed by atoms with van der Waals surface area (Å²) in [4.78, 5) is 16.5. The Morgan fingerprint density at radius 2 is 1.75 bits per heavy atom. The van der Waals surface area contributed by atoms with Crippen molar-refractivity contribution in [2.75, 3.05) is 5.32 Å². The summed E-state index contributed by atoms with van der Waals surface area (Å²) < 4.78 is 7.65. The Balaban J connectivity index is 1.28. The number of hydrogen-bond acceptors (Lipinski definition) is 5. The summed E-state index contributed by atoms with van der Waals surface area (Å²) >= 11 is 0. The second-order valence-corrected chi connectivity index (χ2v) is 7.53. The highest BCUT2D eigenvalue weighted by molar-refractivity contribution is 5.90. The van der Waals surface area contributed by atoms with Gasteiger partial charge in [-0.2, -0.15) is 0 Å². The number of amides is 1. The first-order valence-corrected chi connectivity index (χ1v) is 10.5. The third-order valence-corrected chi connectivity index (χ3v) is 5.20. The van der Waals surface area contributed by atoms with Gasteiger partial charge in [-0.15, -0.1) is 10.2 Å². The molecule has 0 atom stereocenters. The molecule has 0 bridgehead atoms. The number of rotatable bonds is 8. The minimum Gasteiger partial charge on any atom is -0.438 e. The lowest BCUT2D eigenvalue weighted by Crippen LogP contribution is -2.11. The summed E-state index contributed by atoms with van der Waals surface area (Å²) in [6.07, 6.45) is 3.90. The first-order chi connectivity index (χ1) is 15.6. The van der Waals surface area contributed by atoms with Crippen LogP contribution in [-0.2, 0) is 11.2 Å². The van der Waals surface area contributed by atoms with Crippen LogP contribution in [0.5, 0.6) is 11.6 Å². The van der Waals surface area contributed by atoms with E-state index in [0.717, 1.165) is 29.9 Å².